The molecule has 0 unspecified atom stereocenters. The summed E-state index contributed by atoms with van der Waals surface area (Å²) in [6, 6.07) is 4.20. The highest BCUT2D eigenvalue weighted by Gasteiger charge is 2.20. The summed E-state index contributed by atoms with van der Waals surface area (Å²) in [5, 5.41) is 0. The van der Waals surface area contributed by atoms with Crippen LogP contribution in [0.1, 0.15) is 37.4 Å². The normalized spacial score (nSPS) is 15.7. The quantitative estimate of drug-likeness (QED) is 0.849. The highest BCUT2D eigenvalue weighted by atomic mass is 15.2. The summed E-state index contributed by atoms with van der Waals surface area (Å²) in [7, 11) is 0. The number of hydrogen-bond acceptors (Lipinski definition) is 3. The molecule has 0 spiro atoms. The van der Waals surface area contributed by atoms with Gasteiger partial charge in [0.05, 0.1) is 0 Å². The molecule has 3 nitrogen and oxygen atoms in total. The summed E-state index contributed by atoms with van der Waals surface area (Å²) < 4.78 is 0. The highest BCUT2D eigenvalue weighted by molar-refractivity contribution is 5.42. The number of aryl methyl sites for hydroxylation is 1. The van der Waals surface area contributed by atoms with Crippen LogP contribution in [0.5, 0.6) is 0 Å². The molecule has 1 aliphatic carbocycles. The van der Waals surface area contributed by atoms with Gasteiger partial charge in [0, 0.05) is 25.3 Å². The number of nitrogens with two attached hydrogens (primary N) is 1. The van der Waals surface area contributed by atoms with Crippen molar-refractivity contribution < 1.29 is 0 Å². The van der Waals surface area contributed by atoms with Gasteiger partial charge in [-0.2, -0.15) is 0 Å². The fourth-order valence-electron chi connectivity index (χ4n) is 2.37. The molecule has 1 saturated carbocycles. The van der Waals surface area contributed by atoms with Crippen molar-refractivity contribution in [1.82, 2.24) is 4.98 Å². The van der Waals surface area contributed by atoms with E-state index in [4.69, 9.17) is 5.73 Å². The predicted molar refractivity (Wildman–Crippen MR) is 72.1 cm³/mol. The van der Waals surface area contributed by atoms with Crippen molar-refractivity contribution in [1.29, 1.82) is 0 Å². The third-order valence-electron chi connectivity index (χ3n) is 3.64. The van der Waals surface area contributed by atoms with Crippen LogP contribution >= 0.6 is 0 Å². The topological polar surface area (TPSA) is 42.1 Å². The average molecular weight is 233 g/mol. The van der Waals surface area contributed by atoms with Gasteiger partial charge in [-0.05, 0) is 50.3 Å². The van der Waals surface area contributed by atoms with Crippen LogP contribution in [-0.4, -0.2) is 18.1 Å². The lowest BCUT2D eigenvalue weighted by Crippen LogP contribution is -2.33. The largest absolute Gasteiger partial charge is 0.357 e. The average Bonchev–Trinajstić information content (AvgIpc) is 2.27. The van der Waals surface area contributed by atoms with E-state index in [-0.39, 0.29) is 0 Å². The first-order valence-electron chi connectivity index (χ1n) is 6.65. The number of hydrogen-bond donors (Lipinski definition) is 1. The Bertz CT molecular complexity index is 372. The lowest BCUT2D eigenvalue weighted by molar-refractivity contribution is 0.318. The minimum atomic E-state index is 0.595. The molecular formula is C14H23N3. The van der Waals surface area contributed by atoms with E-state index < -0.39 is 0 Å². The molecule has 1 fully saturated rings. The Balaban J connectivity index is 2.13. The van der Waals surface area contributed by atoms with Crippen LogP contribution in [0.25, 0.3) is 0 Å². The van der Waals surface area contributed by atoms with E-state index in [1.165, 1.54) is 24.8 Å². The zero-order valence-electron chi connectivity index (χ0n) is 10.9. The smallest absolute Gasteiger partial charge is 0.129 e. The van der Waals surface area contributed by atoms with E-state index in [1.807, 2.05) is 6.92 Å². The van der Waals surface area contributed by atoms with E-state index in [0.29, 0.717) is 6.54 Å². The van der Waals surface area contributed by atoms with Crippen LogP contribution in [0.3, 0.4) is 0 Å². The molecule has 0 aliphatic heterocycles. The van der Waals surface area contributed by atoms with Crippen molar-refractivity contribution in [2.24, 2.45) is 11.7 Å². The maximum absolute atomic E-state index is 5.72. The van der Waals surface area contributed by atoms with Gasteiger partial charge in [0.2, 0.25) is 0 Å². The van der Waals surface area contributed by atoms with Crippen LogP contribution in [0.4, 0.5) is 5.82 Å². The maximum atomic E-state index is 5.72. The molecule has 1 aromatic heterocycles. The van der Waals surface area contributed by atoms with Gasteiger partial charge in [0.15, 0.2) is 0 Å². The molecular weight excluding hydrogens is 210 g/mol. The summed E-state index contributed by atoms with van der Waals surface area (Å²) in [5.41, 5.74) is 7.97. The van der Waals surface area contributed by atoms with Crippen molar-refractivity contribution in [2.45, 2.75) is 39.7 Å². The van der Waals surface area contributed by atoms with Crippen LogP contribution in [0.15, 0.2) is 12.1 Å². The molecule has 2 N–H and O–H groups in total. The van der Waals surface area contributed by atoms with Gasteiger partial charge in [0.25, 0.3) is 0 Å². The zero-order valence-corrected chi connectivity index (χ0v) is 10.9. The fraction of sp³-hybridized carbons (Fsp3) is 0.643. The molecule has 0 radical (unpaired) electrons. The van der Waals surface area contributed by atoms with Gasteiger partial charge < -0.3 is 10.6 Å². The van der Waals surface area contributed by atoms with Crippen molar-refractivity contribution in [3.8, 4) is 0 Å². The summed E-state index contributed by atoms with van der Waals surface area (Å²) in [6.07, 6.45) is 4.16. The van der Waals surface area contributed by atoms with E-state index in [9.17, 15) is 0 Å². The number of anilines is 1. The van der Waals surface area contributed by atoms with Crippen LogP contribution in [0.2, 0.25) is 0 Å². The van der Waals surface area contributed by atoms with Gasteiger partial charge in [-0.3, -0.25) is 0 Å². The zero-order chi connectivity index (χ0) is 12.3. The summed E-state index contributed by atoms with van der Waals surface area (Å²) >= 11 is 0. The molecule has 2 rings (SSSR count). The molecule has 17 heavy (non-hydrogen) atoms. The first-order chi connectivity index (χ1) is 8.22. The van der Waals surface area contributed by atoms with Gasteiger partial charge in [0.1, 0.15) is 5.82 Å². The van der Waals surface area contributed by atoms with E-state index in [0.717, 1.165) is 30.5 Å². The lowest BCUT2D eigenvalue weighted by atomic mass is 9.85. The van der Waals surface area contributed by atoms with Gasteiger partial charge in [-0.25, -0.2) is 4.98 Å². The Morgan fingerprint density at radius 2 is 2.18 bits per heavy atom. The second-order valence-corrected chi connectivity index (χ2v) is 5.01. The van der Waals surface area contributed by atoms with Gasteiger partial charge in [-0.15, -0.1) is 0 Å². The van der Waals surface area contributed by atoms with E-state index in [1.54, 1.807) is 0 Å². The first kappa shape index (κ1) is 12.4. The highest BCUT2D eigenvalue weighted by Crippen LogP contribution is 2.28. The Kier molecular flexibility index (Phi) is 4.00. The molecule has 94 valence electrons. The van der Waals surface area contributed by atoms with Crippen molar-refractivity contribution in [3.05, 3.63) is 23.4 Å². The Morgan fingerprint density at radius 3 is 2.71 bits per heavy atom. The number of aromatic nitrogens is 1. The van der Waals surface area contributed by atoms with Crippen LogP contribution in [-0.2, 0) is 6.54 Å². The SMILES string of the molecule is CCN(CC1CCC1)c1cc(CN)cc(C)n1. The Labute approximate surface area is 104 Å². The first-order valence-corrected chi connectivity index (χ1v) is 6.65. The number of nitrogens with zero attached hydrogens (tertiary/aromatic N) is 2. The number of pyridine rings is 1. The fourth-order valence-corrected chi connectivity index (χ4v) is 2.37. The molecule has 1 heterocycles. The molecule has 1 aliphatic rings. The van der Waals surface area contributed by atoms with Gasteiger partial charge >= 0.3 is 0 Å². The summed E-state index contributed by atoms with van der Waals surface area (Å²) in [4.78, 5) is 7.02. The number of rotatable bonds is 5. The molecule has 3 heteroatoms. The summed E-state index contributed by atoms with van der Waals surface area (Å²) in [6.45, 7) is 7.01. The molecule has 0 amide bonds. The van der Waals surface area contributed by atoms with Crippen molar-refractivity contribution in [2.75, 3.05) is 18.0 Å². The minimum Gasteiger partial charge on any atom is -0.357 e. The van der Waals surface area contributed by atoms with Crippen molar-refractivity contribution in [3.63, 3.8) is 0 Å². The standard InChI is InChI=1S/C14H23N3/c1-3-17(10-12-5-4-6-12)14-8-13(9-15)7-11(2)16-14/h7-8,12H,3-6,9-10,15H2,1-2H3. The monoisotopic (exact) mass is 233 g/mol. The molecule has 0 saturated heterocycles. The molecule has 0 bridgehead atoms. The lowest BCUT2D eigenvalue weighted by Gasteiger charge is -2.32. The summed E-state index contributed by atoms with van der Waals surface area (Å²) in [5.74, 6) is 1.97. The van der Waals surface area contributed by atoms with Crippen LogP contribution < -0.4 is 10.6 Å². The maximum Gasteiger partial charge on any atom is 0.129 e. The van der Waals surface area contributed by atoms with Gasteiger partial charge in [-0.1, -0.05) is 6.42 Å². The predicted octanol–water partition coefficient (Wildman–Crippen LogP) is 2.48. The molecule has 0 atom stereocenters. The third kappa shape index (κ3) is 2.97. The van der Waals surface area contributed by atoms with E-state index in [2.05, 4.69) is 28.9 Å². The molecule has 0 aromatic carbocycles. The third-order valence-corrected chi connectivity index (χ3v) is 3.64. The molecule has 1 aromatic rings. The van der Waals surface area contributed by atoms with Crippen LogP contribution in [0, 0.1) is 12.8 Å². The van der Waals surface area contributed by atoms with Crippen molar-refractivity contribution >= 4 is 5.82 Å². The minimum absolute atomic E-state index is 0.595. The Hall–Kier alpha value is -1.09. The van der Waals surface area contributed by atoms with E-state index >= 15 is 0 Å². The second-order valence-electron chi connectivity index (χ2n) is 5.01. The second kappa shape index (κ2) is 5.50. The Morgan fingerprint density at radius 1 is 1.41 bits per heavy atom.